The van der Waals surface area contributed by atoms with Crippen LogP contribution in [0.4, 0.5) is 4.79 Å². The molecule has 0 bridgehead atoms. The van der Waals surface area contributed by atoms with Gasteiger partial charge in [0.15, 0.2) is 6.10 Å². The van der Waals surface area contributed by atoms with E-state index in [4.69, 9.17) is 15.3 Å². The molecule has 0 aliphatic carbocycles. The Kier molecular flexibility index (Phi) is 4.91. The highest BCUT2D eigenvalue weighted by Gasteiger charge is 2.29. The summed E-state index contributed by atoms with van der Waals surface area (Å²) in [6, 6.07) is 9.39. The number of nitrogens with zero attached hydrogens (tertiary/aromatic N) is 1. The molecule has 0 radical (unpaired) electrons. The number of benzene rings is 1. The minimum atomic E-state index is -0.752. The van der Waals surface area contributed by atoms with Crippen molar-refractivity contribution in [1.29, 1.82) is 0 Å². The largest absolute Gasteiger partial charge is 0.445 e. The standard InChI is InChI=1S/C13H17N3O4/c14-15-12(17)11-8-16(6-7-19-11)13(18)20-9-10-4-2-1-3-5-10/h1-5,11H,6-9,14H2,(H,15,17)/t11-/m1/s1. The number of nitrogens with one attached hydrogen (secondary N) is 1. The minimum Gasteiger partial charge on any atom is -0.445 e. The number of carbonyl (C=O) groups is 2. The Morgan fingerprint density at radius 3 is 2.85 bits per heavy atom. The molecule has 0 aromatic heterocycles. The highest BCUT2D eigenvalue weighted by Crippen LogP contribution is 2.09. The molecule has 1 fully saturated rings. The Balaban J connectivity index is 1.84. The number of hydrogen-bond acceptors (Lipinski definition) is 5. The van der Waals surface area contributed by atoms with Crippen molar-refractivity contribution in [2.45, 2.75) is 12.7 Å². The molecule has 20 heavy (non-hydrogen) atoms. The molecule has 0 unspecified atom stereocenters. The normalized spacial score (nSPS) is 18.4. The van der Waals surface area contributed by atoms with Crippen LogP contribution in [0.15, 0.2) is 30.3 Å². The Morgan fingerprint density at radius 1 is 1.40 bits per heavy atom. The van der Waals surface area contributed by atoms with Gasteiger partial charge in [-0.15, -0.1) is 0 Å². The average Bonchev–Trinajstić information content (AvgIpc) is 2.53. The first-order valence-electron chi connectivity index (χ1n) is 6.28. The summed E-state index contributed by atoms with van der Waals surface area (Å²) in [6.45, 7) is 1.00. The van der Waals surface area contributed by atoms with Gasteiger partial charge in [0.2, 0.25) is 0 Å². The third-order valence-corrected chi connectivity index (χ3v) is 2.96. The molecule has 0 saturated carbocycles. The van der Waals surface area contributed by atoms with E-state index in [-0.39, 0.29) is 19.8 Å². The van der Waals surface area contributed by atoms with Crippen LogP contribution in [0.3, 0.4) is 0 Å². The predicted octanol–water partition coefficient (Wildman–Crippen LogP) is 0.0139. The van der Waals surface area contributed by atoms with Gasteiger partial charge in [0, 0.05) is 6.54 Å². The first kappa shape index (κ1) is 14.3. The lowest BCUT2D eigenvalue weighted by Crippen LogP contribution is -2.52. The summed E-state index contributed by atoms with van der Waals surface area (Å²) in [5.41, 5.74) is 2.92. The summed E-state index contributed by atoms with van der Waals surface area (Å²) in [6.07, 6.45) is -1.22. The van der Waals surface area contributed by atoms with Crippen LogP contribution in [0.25, 0.3) is 0 Å². The molecule has 1 atom stereocenters. The molecule has 2 rings (SSSR count). The molecule has 7 heteroatoms. The van der Waals surface area contributed by atoms with Crippen LogP contribution < -0.4 is 11.3 Å². The quantitative estimate of drug-likeness (QED) is 0.462. The summed E-state index contributed by atoms with van der Waals surface area (Å²) in [5, 5.41) is 0. The number of rotatable bonds is 3. The van der Waals surface area contributed by atoms with Crippen LogP contribution in [-0.2, 0) is 20.9 Å². The maximum absolute atomic E-state index is 11.9. The molecule has 1 aromatic rings. The number of morpholine rings is 1. The van der Waals surface area contributed by atoms with E-state index < -0.39 is 18.1 Å². The van der Waals surface area contributed by atoms with Crippen LogP contribution in [0, 0.1) is 0 Å². The van der Waals surface area contributed by atoms with Crippen molar-refractivity contribution in [3.8, 4) is 0 Å². The van der Waals surface area contributed by atoms with E-state index in [9.17, 15) is 9.59 Å². The molecule has 1 saturated heterocycles. The van der Waals surface area contributed by atoms with Gasteiger partial charge in [-0.1, -0.05) is 30.3 Å². The van der Waals surface area contributed by atoms with Gasteiger partial charge in [-0.05, 0) is 5.56 Å². The zero-order chi connectivity index (χ0) is 14.4. The summed E-state index contributed by atoms with van der Waals surface area (Å²) < 4.78 is 10.4. The molecule has 7 nitrogen and oxygen atoms in total. The van der Waals surface area contributed by atoms with E-state index in [1.54, 1.807) is 0 Å². The zero-order valence-corrected chi connectivity index (χ0v) is 11.0. The van der Waals surface area contributed by atoms with Crippen LogP contribution in [-0.4, -0.2) is 42.7 Å². The number of nitrogens with two attached hydrogens (primary N) is 1. The second-order valence-electron chi connectivity index (χ2n) is 4.35. The van der Waals surface area contributed by atoms with Crippen molar-refractivity contribution in [3.63, 3.8) is 0 Å². The fraction of sp³-hybridized carbons (Fsp3) is 0.385. The Hall–Kier alpha value is -2.12. The van der Waals surface area contributed by atoms with Gasteiger partial charge < -0.3 is 14.4 Å². The lowest BCUT2D eigenvalue weighted by molar-refractivity contribution is -0.137. The maximum Gasteiger partial charge on any atom is 0.410 e. The fourth-order valence-electron chi connectivity index (χ4n) is 1.88. The van der Waals surface area contributed by atoms with Crippen molar-refractivity contribution < 1.29 is 19.1 Å². The monoisotopic (exact) mass is 279 g/mol. The summed E-state index contributed by atoms with van der Waals surface area (Å²) in [5.74, 6) is 4.59. The van der Waals surface area contributed by atoms with Crippen molar-refractivity contribution in [1.82, 2.24) is 10.3 Å². The van der Waals surface area contributed by atoms with E-state index in [1.807, 2.05) is 35.8 Å². The third kappa shape index (κ3) is 3.69. The van der Waals surface area contributed by atoms with Crippen LogP contribution >= 0.6 is 0 Å². The van der Waals surface area contributed by atoms with Gasteiger partial charge in [-0.2, -0.15) is 0 Å². The summed E-state index contributed by atoms with van der Waals surface area (Å²) >= 11 is 0. The minimum absolute atomic E-state index is 0.136. The Morgan fingerprint density at radius 2 is 2.15 bits per heavy atom. The smallest absolute Gasteiger partial charge is 0.410 e. The molecule has 0 spiro atoms. The highest BCUT2D eigenvalue weighted by atomic mass is 16.6. The van der Waals surface area contributed by atoms with E-state index >= 15 is 0 Å². The molecule has 1 aliphatic rings. The number of amides is 2. The van der Waals surface area contributed by atoms with Crippen LogP contribution in [0.2, 0.25) is 0 Å². The van der Waals surface area contributed by atoms with Crippen molar-refractivity contribution in [2.75, 3.05) is 19.7 Å². The van der Waals surface area contributed by atoms with Crippen molar-refractivity contribution in [3.05, 3.63) is 35.9 Å². The fourth-order valence-corrected chi connectivity index (χ4v) is 1.88. The number of carbonyl (C=O) groups excluding carboxylic acids is 2. The van der Waals surface area contributed by atoms with Gasteiger partial charge in [0.1, 0.15) is 6.61 Å². The molecular weight excluding hydrogens is 262 g/mol. The van der Waals surface area contributed by atoms with Gasteiger partial charge in [-0.3, -0.25) is 10.2 Å². The molecule has 1 aliphatic heterocycles. The lowest BCUT2D eigenvalue weighted by Gasteiger charge is -2.31. The van der Waals surface area contributed by atoms with Gasteiger partial charge in [0.25, 0.3) is 5.91 Å². The molecule has 3 N–H and O–H groups in total. The van der Waals surface area contributed by atoms with E-state index in [0.717, 1.165) is 5.56 Å². The number of ether oxygens (including phenoxy) is 2. The highest BCUT2D eigenvalue weighted by molar-refractivity contribution is 5.81. The molecule has 1 heterocycles. The molecule has 108 valence electrons. The van der Waals surface area contributed by atoms with Gasteiger partial charge in [0.05, 0.1) is 13.2 Å². The topological polar surface area (TPSA) is 93.9 Å². The predicted molar refractivity (Wildman–Crippen MR) is 70.3 cm³/mol. The summed E-state index contributed by atoms with van der Waals surface area (Å²) in [4.78, 5) is 24.7. The van der Waals surface area contributed by atoms with E-state index in [2.05, 4.69) is 0 Å². The van der Waals surface area contributed by atoms with E-state index in [1.165, 1.54) is 4.90 Å². The van der Waals surface area contributed by atoms with Crippen molar-refractivity contribution >= 4 is 12.0 Å². The molecule has 1 aromatic carbocycles. The Bertz CT molecular complexity index is 466. The second kappa shape index (κ2) is 6.88. The first-order chi connectivity index (χ1) is 9.70. The van der Waals surface area contributed by atoms with Gasteiger partial charge >= 0.3 is 6.09 Å². The van der Waals surface area contributed by atoms with Crippen LogP contribution in [0.5, 0.6) is 0 Å². The Labute approximate surface area is 116 Å². The van der Waals surface area contributed by atoms with Crippen molar-refractivity contribution in [2.24, 2.45) is 5.84 Å². The molecular formula is C13H17N3O4. The summed E-state index contributed by atoms with van der Waals surface area (Å²) in [7, 11) is 0. The SMILES string of the molecule is NNC(=O)[C@H]1CN(C(=O)OCc2ccccc2)CCO1. The maximum atomic E-state index is 11.9. The number of hydrogen-bond donors (Lipinski definition) is 2. The van der Waals surface area contributed by atoms with Crippen LogP contribution in [0.1, 0.15) is 5.56 Å². The first-order valence-corrected chi connectivity index (χ1v) is 6.28. The molecule has 2 amide bonds. The number of hydrazine groups is 1. The third-order valence-electron chi connectivity index (χ3n) is 2.96. The van der Waals surface area contributed by atoms with E-state index in [0.29, 0.717) is 6.54 Å². The zero-order valence-electron chi connectivity index (χ0n) is 11.0. The average molecular weight is 279 g/mol. The lowest BCUT2D eigenvalue weighted by atomic mass is 10.2. The second-order valence-corrected chi connectivity index (χ2v) is 4.35. The van der Waals surface area contributed by atoms with Gasteiger partial charge in [-0.25, -0.2) is 10.6 Å².